The summed E-state index contributed by atoms with van der Waals surface area (Å²) >= 11 is 0. The van der Waals surface area contributed by atoms with Gasteiger partial charge in [-0.3, -0.25) is 4.79 Å². The molecule has 1 aromatic carbocycles. The monoisotopic (exact) mass is 367 g/mol. The van der Waals surface area contributed by atoms with Crippen LogP contribution in [0.15, 0.2) is 34.9 Å². The molecule has 9 nitrogen and oxygen atoms in total. The fourth-order valence-electron chi connectivity index (χ4n) is 3.16. The third kappa shape index (κ3) is 3.57. The van der Waals surface area contributed by atoms with Gasteiger partial charge in [0.25, 0.3) is 0 Å². The van der Waals surface area contributed by atoms with E-state index in [4.69, 9.17) is 4.52 Å². The highest BCUT2D eigenvalue weighted by atomic mass is 16.5. The van der Waals surface area contributed by atoms with Crippen LogP contribution in [-0.2, 0) is 11.3 Å². The number of tetrazole rings is 1. The first-order valence-corrected chi connectivity index (χ1v) is 9.08. The Kier molecular flexibility index (Phi) is 4.66. The second kappa shape index (κ2) is 7.26. The van der Waals surface area contributed by atoms with Gasteiger partial charge in [0, 0.05) is 18.0 Å². The van der Waals surface area contributed by atoms with Gasteiger partial charge in [-0.1, -0.05) is 49.3 Å². The van der Waals surface area contributed by atoms with Crippen molar-refractivity contribution in [1.29, 1.82) is 0 Å². The summed E-state index contributed by atoms with van der Waals surface area (Å²) in [6.07, 6.45) is 1.71. The Morgan fingerprint density at radius 2 is 2.11 bits per heavy atom. The first kappa shape index (κ1) is 17.3. The largest absolute Gasteiger partial charge is 0.337 e. The highest BCUT2D eigenvalue weighted by Crippen LogP contribution is 2.31. The van der Waals surface area contributed by atoms with Crippen molar-refractivity contribution in [2.75, 3.05) is 6.54 Å². The average molecular weight is 367 g/mol. The molecule has 1 atom stereocenters. The molecule has 9 heteroatoms. The Morgan fingerprint density at radius 3 is 2.85 bits per heavy atom. The molecule has 0 unspecified atom stereocenters. The summed E-state index contributed by atoms with van der Waals surface area (Å²) in [6.45, 7) is 4.70. The molecule has 3 heterocycles. The van der Waals surface area contributed by atoms with Crippen molar-refractivity contribution < 1.29 is 9.32 Å². The fourth-order valence-corrected chi connectivity index (χ4v) is 3.16. The number of carbonyl (C=O) groups is 1. The van der Waals surface area contributed by atoms with E-state index in [-0.39, 0.29) is 24.4 Å². The molecule has 1 fully saturated rings. The molecule has 0 saturated carbocycles. The highest BCUT2D eigenvalue weighted by molar-refractivity contribution is 5.76. The van der Waals surface area contributed by atoms with Gasteiger partial charge in [-0.2, -0.15) is 9.78 Å². The first-order chi connectivity index (χ1) is 13.1. The second-order valence-corrected chi connectivity index (χ2v) is 6.90. The Hall–Kier alpha value is -3.10. The third-order valence-electron chi connectivity index (χ3n) is 4.59. The molecule has 4 rings (SSSR count). The minimum Gasteiger partial charge on any atom is -0.337 e. The Labute approximate surface area is 156 Å². The van der Waals surface area contributed by atoms with E-state index in [1.54, 1.807) is 4.90 Å². The lowest BCUT2D eigenvalue weighted by molar-refractivity contribution is -0.133. The maximum atomic E-state index is 12.8. The van der Waals surface area contributed by atoms with Crippen LogP contribution in [0.1, 0.15) is 50.4 Å². The van der Waals surface area contributed by atoms with E-state index in [0.29, 0.717) is 24.1 Å². The van der Waals surface area contributed by atoms with Gasteiger partial charge in [0.2, 0.25) is 17.6 Å². The van der Waals surface area contributed by atoms with Crippen molar-refractivity contribution in [2.24, 2.45) is 0 Å². The molecule has 1 aliphatic rings. The molecule has 1 aliphatic heterocycles. The van der Waals surface area contributed by atoms with Gasteiger partial charge in [-0.05, 0) is 18.1 Å². The second-order valence-electron chi connectivity index (χ2n) is 6.90. The van der Waals surface area contributed by atoms with Gasteiger partial charge >= 0.3 is 0 Å². The molecule has 2 aromatic heterocycles. The van der Waals surface area contributed by atoms with Gasteiger partial charge in [0.05, 0.1) is 0 Å². The van der Waals surface area contributed by atoms with Crippen molar-refractivity contribution >= 4 is 5.91 Å². The molecule has 27 heavy (non-hydrogen) atoms. The minimum atomic E-state index is -0.186. The molecule has 0 aliphatic carbocycles. The number of aromatic nitrogens is 6. The predicted molar refractivity (Wildman–Crippen MR) is 95.3 cm³/mol. The zero-order valence-corrected chi connectivity index (χ0v) is 15.3. The van der Waals surface area contributed by atoms with E-state index in [1.165, 1.54) is 4.80 Å². The van der Waals surface area contributed by atoms with E-state index >= 15 is 0 Å². The molecule has 3 aromatic rings. The molecule has 0 N–H and O–H groups in total. The Bertz CT molecular complexity index is 919. The van der Waals surface area contributed by atoms with Gasteiger partial charge in [-0.15, -0.1) is 10.2 Å². The standard InChI is InChI=1S/C18H21N7O2/c1-12(2)16-19-18(27-22-16)14-9-6-10-24(14)15(26)11-25-21-17(20-23-25)13-7-4-3-5-8-13/h3-5,7-8,12,14H,6,9-11H2,1-2H3/t14-/m0/s1. The fraction of sp³-hybridized carbons (Fsp3) is 0.444. The molecule has 1 amide bonds. The van der Waals surface area contributed by atoms with E-state index in [2.05, 4.69) is 25.6 Å². The van der Waals surface area contributed by atoms with Crippen molar-refractivity contribution in [3.05, 3.63) is 42.0 Å². The number of likely N-dealkylation sites (tertiary alicyclic amines) is 1. The molecular weight excluding hydrogens is 346 g/mol. The Morgan fingerprint density at radius 1 is 1.30 bits per heavy atom. The summed E-state index contributed by atoms with van der Waals surface area (Å²) < 4.78 is 5.40. The van der Waals surface area contributed by atoms with Crippen LogP contribution in [0.2, 0.25) is 0 Å². The molecular formula is C18H21N7O2. The van der Waals surface area contributed by atoms with E-state index in [9.17, 15) is 4.79 Å². The summed E-state index contributed by atoms with van der Waals surface area (Å²) in [4.78, 5) is 20.3. The maximum Gasteiger partial charge on any atom is 0.249 e. The van der Waals surface area contributed by atoms with E-state index in [0.717, 1.165) is 18.4 Å². The molecule has 0 spiro atoms. The predicted octanol–water partition coefficient (Wildman–Crippen LogP) is 2.21. The summed E-state index contributed by atoms with van der Waals surface area (Å²) in [7, 11) is 0. The number of nitrogens with zero attached hydrogens (tertiary/aromatic N) is 7. The number of hydrogen-bond donors (Lipinski definition) is 0. The van der Waals surface area contributed by atoms with Crippen LogP contribution >= 0.6 is 0 Å². The highest BCUT2D eigenvalue weighted by Gasteiger charge is 2.34. The van der Waals surface area contributed by atoms with Crippen LogP contribution in [0.5, 0.6) is 0 Å². The summed E-state index contributed by atoms with van der Waals surface area (Å²) in [5.74, 6) is 1.76. The zero-order valence-electron chi connectivity index (χ0n) is 15.3. The van der Waals surface area contributed by atoms with Crippen molar-refractivity contribution in [2.45, 2.75) is 45.2 Å². The number of rotatable bonds is 5. The lowest BCUT2D eigenvalue weighted by Gasteiger charge is -2.21. The van der Waals surface area contributed by atoms with Crippen LogP contribution in [0.3, 0.4) is 0 Å². The maximum absolute atomic E-state index is 12.8. The van der Waals surface area contributed by atoms with E-state index in [1.807, 2.05) is 44.2 Å². The third-order valence-corrected chi connectivity index (χ3v) is 4.59. The van der Waals surface area contributed by atoms with Gasteiger partial charge < -0.3 is 9.42 Å². The number of hydrogen-bond acceptors (Lipinski definition) is 7. The summed E-state index contributed by atoms with van der Waals surface area (Å²) in [5.41, 5.74) is 0.863. The summed E-state index contributed by atoms with van der Waals surface area (Å²) in [6, 6.07) is 9.36. The van der Waals surface area contributed by atoms with Crippen LogP contribution < -0.4 is 0 Å². The van der Waals surface area contributed by atoms with Crippen molar-refractivity contribution in [3.8, 4) is 11.4 Å². The van der Waals surface area contributed by atoms with Crippen LogP contribution in [0.4, 0.5) is 0 Å². The molecule has 1 saturated heterocycles. The first-order valence-electron chi connectivity index (χ1n) is 9.08. The molecule has 140 valence electrons. The normalized spacial score (nSPS) is 17.0. The van der Waals surface area contributed by atoms with Crippen LogP contribution in [-0.4, -0.2) is 47.7 Å². The number of benzene rings is 1. The smallest absolute Gasteiger partial charge is 0.249 e. The summed E-state index contributed by atoms with van der Waals surface area (Å²) in [5, 5.41) is 16.4. The van der Waals surface area contributed by atoms with E-state index < -0.39 is 0 Å². The van der Waals surface area contributed by atoms with Crippen LogP contribution in [0.25, 0.3) is 11.4 Å². The van der Waals surface area contributed by atoms with Crippen LogP contribution in [0, 0.1) is 0 Å². The van der Waals surface area contributed by atoms with Gasteiger partial charge in [-0.25, -0.2) is 0 Å². The minimum absolute atomic E-state index is 0.0293. The SMILES string of the molecule is CC(C)c1noc([C@@H]2CCCN2C(=O)Cn2nnc(-c3ccccc3)n2)n1. The average Bonchev–Trinajstić information content (AvgIpc) is 3.41. The number of amides is 1. The number of carbonyl (C=O) groups excluding carboxylic acids is 1. The topological polar surface area (TPSA) is 103 Å². The van der Waals surface area contributed by atoms with Gasteiger partial charge in [0.15, 0.2) is 5.82 Å². The molecule has 0 bridgehead atoms. The quantitative estimate of drug-likeness (QED) is 0.681. The zero-order chi connectivity index (χ0) is 18.8. The van der Waals surface area contributed by atoms with Crippen molar-refractivity contribution in [3.63, 3.8) is 0 Å². The Balaban J connectivity index is 1.46. The lowest BCUT2D eigenvalue weighted by Crippen LogP contribution is -2.34. The molecule has 0 radical (unpaired) electrons. The lowest BCUT2D eigenvalue weighted by atomic mass is 10.2. The van der Waals surface area contributed by atoms with Gasteiger partial charge in [0.1, 0.15) is 12.6 Å². The van der Waals surface area contributed by atoms with Crippen molar-refractivity contribution in [1.82, 2.24) is 35.2 Å².